The number of hydrogen-bond donors (Lipinski definition) is 3. The zero-order valence-electron chi connectivity index (χ0n) is 21.7. The molecule has 0 saturated carbocycles. The Morgan fingerprint density at radius 1 is 1.02 bits per heavy atom. The number of carbonyl (C=O) groups is 2. The molecule has 4 N–H and O–H groups in total. The molecule has 4 aromatic rings. The second-order valence-corrected chi connectivity index (χ2v) is 10.8. The van der Waals surface area contributed by atoms with Gasteiger partial charge in [-0.1, -0.05) is 40.9 Å². The normalized spacial score (nSPS) is 17.2. The number of carboxylic acid groups (broad SMARTS) is 1. The number of carboxylic acids is 1. The number of aromatic nitrogens is 1. The van der Waals surface area contributed by atoms with Crippen molar-refractivity contribution in [2.24, 2.45) is 5.73 Å². The van der Waals surface area contributed by atoms with Crippen LogP contribution in [0.5, 0.6) is 17.2 Å². The third-order valence-corrected chi connectivity index (χ3v) is 8.07. The molecular weight excluding hydrogens is 593 g/mol. The maximum atomic E-state index is 10.7. The highest BCUT2D eigenvalue weighted by molar-refractivity contribution is 6.36. The molecule has 2 aliphatic heterocycles. The molecule has 9 nitrogen and oxygen atoms in total. The molecule has 6 rings (SSSR count). The Bertz CT molecular complexity index is 1580. The molecular formula is C29H26Cl3N3O6. The van der Waals surface area contributed by atoms with E-state index in [1.165, 1.54) is 0 Å². The van der Waals surface area contributed by atoms with Crippen LogP contribution in [0.4, 0.5) is 0 Å². The molecule has 3 heterocycles. The summed E-state index contributed by atoms with van der Waals surface area (Å²) in [6, 6.07) is 17.2. The summed E-state index contributed by atoms with van der Waals surface area (Å²) in [5.41, 5.74) is 6.27. The minimum atomic E-state index is -1.50. The third kappa shape index (κ3) is 6.04. The van der Waals surface area contributed by atoms with Gasteiger partial charge in [0.15, 0.2) is 17.0 Å². The van der Waals surface area contributed by atoms with E-state index in [9.17, 15) is 9.59 Å². The molecule has 1 saturated heterocycles. The number of halogens is 3. The molecule has 214 valence electrons. The zero-order chi connectivity index (χ0) is 29.1. The van der Waals surface area contributed by atoms with Crippen LogP contribution in [0.3, 0.4) is 0 Å². The summed E-state index contributed by atoms with van der Waals surface area (Å²) in [5.74, 6) is 0.170. The fraction of sp³-hybridized carbons (Fsp3) is 0.241. The standard InChI is InChI=1S/C23H16Cl3NO3.C6H10N2O3/c24-18-2-1-3-19(25)17(18)12-28-16-4-5-21-14(8-16)6-7-27(21)11-15-9-22-23(10-20(15)26)30-13-29-22;7-4(9)6(5(10)11)2-1-3-8-6/h1-10H,11-13H2;8H,1-3H2,(H2,7,9)(H,10,11)/t;6-/m.0/s1. The van der Waals surface area contributed by atoms with E-state index < -0.39 is 17.4 Å². The molecule has 1 fully saturated rings. The monoisotopic (exact) mass is 617 g/mol. The van der Waals surface area contributed by atoms with Gasteiger partial charge in [-0.05, 0) is 67.4 Å². The van der Waals surface area contributed by atoms with E-state index in [2.05, 4.69) is 9.88 Å². The lowest BCUT2D eigenvalue weighted by molar-refractivity contribution is -0.149. The summed E-state index contributed by atoms with van der Waals surface area (Å²) in [5, 5.41) is 14.2. The average Bonchev–Trinajstić information content (AvgIpc) is 3.69. The van der Waals surface area contributed by atoms with Gasteiger partial charge in [0.1, 0.15) is 12.4 Å². The van der Waals surface area contributed by atoms with Crippen molar-refractivity contribution in [3.63, 3.8) is 0 Å². The summed E-state index contributed by atoms with van der Waals surface area (Å²) < 4.78 is 18.9. The number of nitrogens with one attached hydrogen (secondary N) is 1. The van der Waals surface area contributed by atoms with E-state index in [1.807, 2.05) is 42.6 Å². The molecule has 1 atom stereocenters. The minimum absolute atomic E-state index is 0.226. The Kier molecular flexibility index (Phi) is 8.51. The van der Waals surface area contributed by atoms with Gasteiger partial charge in [0.25, 0.3) is 0 Å². The van der Waals surface area contributed by atoms with Gasteiger partial charge in [-0.2, -0.15) is 0 Å². The second kappa shape index (κ2) is 12.1. The highest BCUT2D eigenvalue weighted by atomic mass is 35.5. The van der Waals surface area contributed by atoms with Crippen molar-refractivity contribution < 1.29 is 28.9 Å². The molecule has 0 bridgehead atoms. The summed E-state index contributed by atoms with van der Waals surface area (Å²) >= 11 is 18.9. The minimum Gasteiger partial charge on any atom is -0.489 e. The molecule has 12 heteroatoms. The molecule has 0 radical (unpaired) electrons. The SMILES string of the molecule is Clc1cc2c(cc1Cn1ccc3cc(OCc4c(Cl)cccc4Cl)ccc31)OCO2.NC(=O)[C@]1(C(=O)O)CCCN1. The van der Waals surface area contributed by atoms with Crippen molar-refractivity contribution in [2.45, 2.75) is 31.5 Å². The Morgan fingerprint density at radius 3 is 2.39 bits per heavy atom. The number of hydrogen-bond acceptors (Lipinski definition) is 6. The van der Waals surface area contributed by atoms with Crippen LogP contribution in [0.15, 0.2) is 60.8 Å². The van der Waals surface area contributed by atoms with Gasteiger partial charge in [0.2, 0.25) is 12.7 Å². The first-order valence-electron chi connectivity index (χ1n) is 12.7. The number of ether oxygens (including phenoxy) is 3. The quantitative estimate of drug-likeness (QED) is 0.229. The molecule has 1 amide bonds. The van der Waals surface area contributed by atoms with E-state index in [4.69, 9.17) is 59.9 Å². The number of primary amides is 1. The maximum absolute atomic E-state index is 10.7. The van der Waals surface area contributed by atoms with Crippen LogP contribution in [0.25, 0.3) is 10.9 Å². The van der Waals surface area contributed by atoms with Crippen molar-refractivity contribution in [1.82, 2.24) is 9.88 Å². The topological polar surface area (TPSA) is 125 Å². The van der Waals surface area contributed by atoms with Crippen LogP contribution in [0.2, 0.25) is 15.1 Å². The van der Waals surface area contributed by atoms with Crippen molar-refractivity contribution in [3.05, 3.63) is 87.0 Å². The van der Waals surface area contributed by atoms with Gasteiger partial charge in [0, 0.05) is 50.3 Å². The summed E-state index contributed by atoms with van der Waals surface area (Å²) in [6.07, 6.45) is 2.99. The van der Waals surface area contributed by atoms with Crippen LogP contribution < -0.4 is 25.3 Å². The predicted octanol–water partition coefficient (Wildman–Crippen LogP) is 5.64. The van der Waals surface area contributed by atoms with Gasteiger partial charge in [-0.15, -0.1) is 0 Å². The lowest BCUT2D eigenvalue weighted by Gasteiger charge is -2.19. The number of nitrogens with zero attached hydrogens (tertiary/aromatic N) is 1. The first-order valence-corrected chi connectivity index (χ1v) is 13.8. The fourth-order valence-electron chi connectivity index (χ4n) is 4.74. The Hall–Kier alpha value is -3.63. The molecule has 2 aliphatic rings. The first kappa shape index (κ1) is 28.9. The lowest BCUT2D eigenvalue weighted by atomic mass is 9.97. The molecule has 41 heavy (non-hydrogen) atoms. The predicted molar refractivity (Wildman–Crippen MR) is 156 cm³/mol. The smallest absolute Gasteiger partial charge is 0.333 e. The Morgan fingerprint density at radius 2 is 1.76 bits per heavy atom. The largest absolute Gasteiger partial charge is 0.489 e. The average molecular weight is 619 g/mol. The van der Waals surface area contributed by atoms with Crippen LogP contribution in [0, 0.1) is 0 Å². The molecule has 0 spiro atoms. The number of benzene rings is 3. The Balaban J connectivity index is 0.000000259. The third-order valence-electron chi connectivity index (χ3n) is 7.01. The number of fused-ring (bicyclic) bond motifs is 2. The van der Waals surface area contributed by atoms with E-state index in [1.54, 1.807) is 18.2 Å². The Labute approximate surface area is 250 Å². The van der Waals surface area contributed by atoms with E-state index in [-0.39, 0.29) is 13.2 Å². The summed E-state index contributed by atoms with van der Waals surface area (Å²) in [6.45, 7) is 1.69. The number of amides is 1. The second-order valence-electron chi connectivity index (χ2n) is 9.56. The van der Waals surface area contributed by atoms with Crippen LogP contribution in [-0.2, 0) is 22.7 Å². The van der Waals surface area contributed by atoms with Crippen molar-refractivity contribution in [1.29, 1.82) is 0 Å². The van der Waals surface area contributed by atoms with Gasteiger partial charge in [-0.25, -0.2) is 4.79 Å². The van der Waals surface area contributed by atoms with Gasteiger partial charge >= 0.3 is 5.97 Å². The van der Waals surface area contributed by atoms with Crippen LogP contribution >= 0.6 is 34.8 Å². The van der Waals surface area contributed by atoms with Gasteiger partial charge < -0.3 is 29.6 Å². The van der Waals surface area contributed by atoms with Crippen molar-refractivity contribution in [2.75, 3.05) is 13.3 Å². The first-order chi connectivity index (χ1) is 19.7. The van der Waals surface area contributed by atoms with Crippen LogP contribution in [0.1, 0.15) is 24.0 Å². The van der Waals surface area contributed by atoms with Crippen LogP contribution in [-0.4, -0.2) is 40.4 Å². The highest BCUT2D eigenvalue weighted by Gasteiger charge is 2.46. The number of rotatable bonds is 7. The number of carbonyl (C=O) groups excluding carboxylic acids is 1. The number of aliphatic carboxylic acids is 1. The molecule has 0 aliphatic carbocycles. The van der Waals surface area contributed by atoms with Crippen molar-refractivity contribution in [3.8, 4) is 17.2 Å². The molecule has 0 unspecified atom stereocenters. The molecule has 3 aromatic carbocycles. The van der Waals surface area contributed by atoms with Gasteiger partial charge in [0.05, 0.1) is 0 Å². The highest BCUT2D eigenvalue weighted by Crippen LogP contribution is 2.37. The van der Waals surface area contributed by atoms with E-state index in [0.29, 0.717) is 46.9 Å². The maximum Gasteiger partial charge on any atom is 0.333 e. The van der Waals surface area contributed by atoms with E-state index >= 15 is 0 Å². The summed E-state index contributed by atoms with van der Waals surface area (Å²) in [4.78, 5) is 21.3. The van der Waals surface area contributed by atoms with Gasteiger partial charge in [-0.3, -0.25) is 10.1 Å². The molecule has 1 aromatic heterocycles. The summed E-state index contributed by atoms with van der Waals surface area (Å²) in [7, 11) is 0. The fourth-order valence-corrected chi connectivity index (χ4v) is 5.46. The van der Waals surface area contributed by atoms with Crippen molar-refractivity contribution >= 4 is 57.6 Å². The zero-order valence-corrected chi connectivity index (χ0v) is 23.9. The lowest BCUT2D eigenvalue weighted by Crippen LogP contribution is -2.57. The van der Waals surface area contributed by atoms with E-state index in [0.717, 1.165) is 33.5 Å². The number of nitrogens with two attached hydrogens (primary N) is 1.